The molecular formula is C18H17FN6O. The van der Waals surface area contributed by atoms with Crippen molar-refractivity contribution in [1.82, 2.24) is 29.9 Å². The van der Waals surface area contributed by atoms with Gasteiger partial charge in [0.05, 0.1) is 6.20 Å². The van der Waals surface area contributed by atoms with Crippen LogP contribution in [0.15, 0.2) is 49.1 Å². The molecule has 26 heavy (non-hydrogen) atoms. The largest absolute Gasteiger partial charge is 0.337 e. The maximum absolute atomic E-state index is 13.0. The molecule has 4 rings (SSSR count). The summed E-state index contributed by atoms with van der Waals surface area (Å²) in [5.41, 5.74) is 1.99. The third-order valence-electron chi connectivity index (χ3n) is 4.49. The van der Waals surface area contributed by atoms with Crippen LogP contribution in [-0.4, -0.2) is 48.9 Å². The topological polar surface area (TPSA) is 76.8 Å². The maximum atomic E-state index is 13.0. The standard InChI is InChI=1S/C18H17FN6O/c19-15-3-1-14(2-4-15)17-11-25(23-22-17)8-6-13-9-24(10-13)18(26)16-5-7-20-12-21-16/h1-5,7,11-13H,6,8-10H2. The highest BCUT2D eigenvalue weighted by Gasteiger charge is 2.31. The van der Waals surface area contributed by atoms with Crippen LogP contribution in [0.25, 0.3) is 11.3 Å². The van der Waals surface area contributed by atoms with Crippen LogP contribution in [0, 0.1) is 11.7 Å². The molecule has 1 aliphatic heterocycles. The Morgan fingerprint density at radius 2 is 2.00 bits per heavy atom. The molecule has 0 bridgehead atoms. The molecule has 3 heterocycles. The predicted octanol–water partition coefficient (Wildman–Crippen LogP) is 2.04. The molecule has 2 aromatic heterocycles. The molecule has 0 aliphatic carbocycles. The van der Waals surface area contributed by atoms with Crippen LogP contribution in [0.5, 0.6) is 0 Å². The fraction of sp³-hybridized carbons (Fsp3) is 0.278. The van der Waals surface area contributed by atoms with Gasteiger partial charge in [-0.05, 0) is 42.7 Å². The number of rotatable bonds is 5. The molecule has 7 nitrogen and oxygen atoms in total. The molecule has 1 aliphatic rings. The van der Waals surface area contributed by atoms with Crippen LogP contribution >= 0.6 is 0 Å². The highest BCUT2D eigenvalue weighted by atomic mass is 19.1. The number of likely N-dealkylation sites (tertiary alicyclic amines) is 1. The minimum atomic E-state index is -0.271. The van der Waals surface area contributed by atoms with E-state index in [4.69, 9.17) is 0 Å². The van der Waals surface area contributed by atoms with Gasteiger partial charge in [0, 0.05) is 31.4 Å². The lowest BCUT2D eigenvalue weighted by Crippen LogP contribution is -2.50. The summed E-state index contributed by atoms with van der Waals surface area (Å²) in [5.74, 6) is 0.120. The zero-order valence-corrected chi connectivity index (χ0v) is 14.0. The highest BCUT2D eigenvalue weighted by Crippen LogP contribution is 2.22. The number of hydrogen-bond donors (Lipinski definition) is 0. The van der Waals surface area contributed by atoms with Gasteiger partial charge in [-0.1, -0.05) is 5.21 Å². The first-order chi connectivity index (χ1) is 12.7. The van der Waals surface area contributed by atoms with Crippen molar-refractivity contribution in [2.45, 2.75) is 13.0 Å². The van der Waals surface area contributed by atoms with Crippen molar-refractivity contribution in [2.24, 2.45) is 5.92 Å². The first-order valence-electron chi connectivity index (χ1n) is 8.40. The van der Waals surface area contributed by atoms with E-state index >= 15 is 0 Å². The Morgan fingerprint density at radius 3 is 2.73 bits per heavy atom. The number of amides is 1. The summed E-state index contributed by atoms with van der Waals surface area (Å²) in [7, 11) is 0. The van der Waals surface area contributed by atoms with Crippen molar-refractivity contribution < 1.29 is 9.18 Å². The molecule has 0 unspecified atom stereocenters. The van der Waals surface area contributed by atoms with Crippen LogP contribution < -0.4 is 0 Å². The molecule has 0 atom stereocenters. The van der Waals surface area contributed by atoms with Crippen LogP contribution in [0.3, 0.4) is 0 Å². The van der Waals surface area contributed by atoms with Gasteiger partial charge < -0.3 is 4.90 Å². The van der Waals surface area contributed by atoms with Crippen LogP contribution in [0.2, 0.25) is 0 Å². The summed E-state index contributed by atoms with van der Waals surface area (Å²) in [5, 5.41) is 8.26. The van der Waals surface area contributed by atoms with Gasteiger partial charge in [-0.3, -0.25) is 9.48 Å². The van der Waals surface area contributed by atoms with E-state index in [2.05, 4.69) is 20.3 Å². The second-order valence-corrected chi connectivity index (χ2v) is 6.33. The van der Waals surface area contributed by atoms with E-state index in [1.165, 1.54) is 18.5 Å². The molecule has 8 heteroatoms. The third-order valence-corrected chi connectivity index (χ3v) is 4.49. The lowest BCUT2D eigenvalue weighted by atomic mass is 9.96. The lowest BCUT2D eigenvalue weighted by molar-refractivity contribution is 0.0469. The van der Waals surface area contributed by atoms with Crippen molar-refractivity contribution >= 4 is 5.91 Å². The molecule has 0 saturated carbocycles. The Bertz CT molecular complexity index is 890. The Labute approximate surface area is 149 Å². The second kappa shape index (κ2) is 6.99. The van der Waals surface area contributed by atoms with Gasteiger partial charge in [-0.15, -0.1) is 5.10 Å². The number of aryl methyl sites for hydroxylation is 1. The monoisotopic (exact) mass is 352 g/mol. The van der Waals surface area contributed by atoms with Gasteiger partial charge in [-0.25, -0.2) is 14.4 Å². The van der Waals surface area contributed by atoms with Gasteiger partial charge in [-0.2, -0.15) is 0 Å². The molecule has 0 spiro atoms. The fourth-order valence-electron chi connectivity index (χ4n) is 2.97. The molecule has 0 radical (unpaired) electrons. The summed E-state index contributed by atoms with van der Waals surface area (Å²) in [4.78, 5) is 21.8. The van der Waals surface area contributed by atoms with Crippen molar-refractivity contribution in [3.05, 3.63) is 60.6 Å². The summed E-state index contributed by atoms with van der Waals surface area (Å²) in [6.07, 6.45) is 5.73. The van der Waals surface area contributed by atoms with E-state index in [1.54, 1.807) is 34.0 Å². The first-order valence-corrected chi connectivity index (χ1v) is 8.40. The number of aromatic nitrogens is 5. The minimum Gasteiger partial charge on any atom is -0.337 e. The first kappa shape index (κ1) is 16.3. The summed E-state index contributed by atoms with van der Waals surface area (Å²) in [6.45, 7) is 2.18. The van der Waals surface area contributed by atoms with Crippen molar-refractivity contribution in [2.75, 3.05) is 13.1 Å². The Kier molecular flexibility index (Phi) is 4.39. The van der Waals surface area contributed by atoms with Crippen molar-refractivity contribution in [3.8, 4) is 11.3 Å². The molecule has 1 aromatic carbocycles. The van der Waals surface area contributed by atoms with Gasteiger partial charge in [0.1, 0.15) is 23.5 Å². The van der Waals surface area contributed by atoms with Gasteiger partial charge in [0.2, 0.25) is 0 Å². The molecule has 1 fully saturated rings. The Morgan fingerprint density at radius 1 is 1.19 bits per heavy atom. The normalized spacial score (nSPS) is 14.3. The van der Waals surface area contributed by atoms with Crippen molar-refractivity contribution in [3.63, 3.8) is 0 Å². The Hall–Kier alpha value is -3.16. The van der Waals surface area contributed by atoms with Gasteiger partial charge in [0.25, 0.3) is 5.91 Å². The number of hydrogen-bond acceptors (Lipinski definition) is 5. The Balaban J connectivity index is 1.27. The number of benzene rings is 1. The molecule has 1 saturated heterocycles. The fourth-order valence-corrected chi connectivity index (χ4v) is 2.97. The minimum absolute atomic E-state index is 0.0528. The molecule has 0 N–H and O–H groups in total. The van der Waals surface area contributed by atoms with Crippen LogP contribution in [0.1, 0.15) is 16.9 Å². The summed E-state index contributed by atoms with van der Waals surface area (Å²) < 4.78 is 14.8. The average Bonchev–Trinajstić information content (AvgIpc) is 3.10. The maximum Gasteiger partial charge on any atom is 0.272 e. The van der Waals surface area contributed by atoms with E-state index in [1.807, 2.05) is 6.20 Å². The summed E-state index contributed by atoms with van der Waals surface area (Å²) in [6, 6.07) is 7.82. The molecular weight excluding hydrogens is 335 g/mol. The van der Waals surface area contributed by atoms with E-state index in [0.717, 1.165) is 37.3 Å². The SMILES string of the molecule is O=C(c1ccncn1)N1CC(CCn2cc(-c3ccc(F)cc3)nn2)C1. The zero-order valence-electron chi connectivity index (χ0n) is 14.0. The zero-order chi connectivity index (χ0) is 17.9. The van der Waals surface area contributed by atoms with Crippen LogP contribution in [-0.2, 0) is 6.54 Å². The van der Waals surface area contributed by atoms with Gasteiger partial charge in [0.15, 0.2) is 0 Å². The van der Waals surface area contributed by atoms with Gasteiger partial charge >= 0.3 is 0 Å². The highest BCUT2D eigenvalue weighted by molar-refractivity contribution is 5.92. The predicted molar refractivity (Wildman–Crippen MR) is 91.5 cm³/mol. The van der Waals surface area contributed by atoms with E-state index in [0.29, 0.717) is 11.6 Å². The molecule has 1 amide bonds. The van der Waals surface area contributed by atoms with Crippen molar-refractivity contribution in [1.29, 1.82) is 0 Å². The number of halogens is 1. The molecule has 132 valence electrons. The number of nitrogens with zero attached hydrogens (tertiary/aromatic N) is 6. The second-order valence-electron chi connectivity index (χ2n) is 6.33. The van der Waals surface area contributed by atoms with Crippen LogP contribution in [0.4, 0.5) is 4.39 Å². The quantitative estimate of drug-likeness (QED) is 0.702. The smallest absolute Gasteiger partial charge is 0.272 e. The van der Waals surface area contributed by atoms with E-state index < -0.39 is 0 Å². The molecule has 3 aromatic rings. The third kappa shape index (κ3) is 3.44. The average molecular weight is 352 g/mol. The van der Waals surface area contributed by atoms with E-state index in [9.17, 15) is 9.18 Å². The number of carbonyl (C=O) groups excluding carboxylic acids is 1. The van der Waals surface area contributed by atoms with E-state index in [-0.39, 0.29) is 11.7 Å². The number of carbonyl (C=O) groups is 1. The lowest BCUT2D eigenvalue weighted by Gasteiger charge is -2.39. The summed E-state index contributed by atoms with van der Waals surface area (Å²) >= 11 is 0.